The van der Waals surface area contributed by atoms with Crippen molar-refractivity contribution in [3.8, 4) is 11.5 Å². The molecule has 1 aromatic carbocycles. The zero-order valence-electron chi connectivity index (χ0n) is 10.6. The molecule has 0 aliphatic carbocycles. The Morgan fingerprint density at radius 1 is 1.28 bits per heavy atom. The summed E-state index contributed by atoms with van der Waals surface area (Å²) < 4.78 is 15.0. The number of ether oxygens (including phenoxy) is 3. The third-order valence-corrected chi connectivity index (χ3v) is 2.43. The molecule has 0 unspecified atom stereocenters. The van der Waals surface area contributed by atoms with Gasteiger partial charge < -0.3 is 19.9 Å². The van der Waals surface area contributed by atoms with Crippen molar-refractivity contribution in [2.75, 3.05) is 21.3 Å². The van der Waals surface area contributed by atoms with Gasteiger partial charge in [0.15, 0.2) is 11.5 Å². The predicted octanol–water partition coefficient (Wildman–Crippen LogP) is 1.17. The fourth-order valence-electron chi connectivity index (χ4n) is 1.59. The van der Waals surface area contributed by atoms with Gasteiger partial charge in [0.05, 0.1) is 21.3 Å². The molecule has 0 fully saturated rings. The molecule has 1 atom stereocenters. The van der Waals surface area contributed by atoms with Crippen LogP contribution in [0.15, 0.2) is 18.2 Å². The van der Waals surface area contributed by atoms with Gasteiger partial charge in [-0.2, -0.15) is 0 Å². The molecule has 0 aliphatic rings. The summed E-state index contributed by atoms with van der Waals surface area (Å²) >= 11 is 0. The summed E-state index contributed by atoms with van der Waals surface area (Å²) in [5, 5.41) is 0. The number of hydrogen-bond donors (Lipinski definition) is 1. The van der Waals surface area contributed by atoms with Gasteiger partial charge in [-0.3, -0.25) is 4.79 Å². The Kier molecular flexibility index (Phi) is 7.16. The maximum absolute atomic E-state index is 11.3. The molecule has 18 heavy (non-hydrogen) atoms. The van der Waals surface area contributed by atoms with Crippen LogP contribution < -0.4 is 15.2 Å². The van der Waals surface area contributed by atoms with E-state index in [1.54, 1.807) is 20.3 Å². The highest BCUT2D eigenvalue weighted by Gasteiger charge is 2.18. The molecule has 102 valence electrons. The Morgan fingerprint density at radius 2 is 1.94 bits per heavy atom. The van der Waals surface area contributed by atoms with E-state index >= 15 is 0 Å². The molecule has 0 bridgehead atoms. The van der Waals surface area contributed by atoms with Crippen molar-refractivity contribution < 1.29 is 19.0 Å². The molecular formula is C12H18ClNO4. The summed E-state index contributed by atoms with van der Waals surface area (Å²) in [5.74, 6) is 0.756. The second-order valence-electron chi connectivity index (χ2n) is 3.49. The maximum atomic E-state index is 11.3. The zero-order chi connectivity index (χ0) is 12.8. The summed E-state index contributed by atoms with van der Waals surface area (Å²) in [4.78, 5) is 11.3. The molecule has 0 aliphatic heterocycles. The minimum atomic E-state index is -0.707. The number of hydrogen-bond acceptors (Lipinski definition) is 5. The number of rotatable bonds is 5. The van der Waals surface area contributed by atoms with Crippen LogP contribution in [0, 0.1) is 0 Å². The first-order valence-corrected chi connectivity index (χ1v) is 5.17. The summed E-state index contributed by atoms with van der Waals surface area (Å²) in [5.41, 5.74) is 6.51. The van der Waals surface area contributed by atoms with Crippen molar-refractivity contribution in [1.82, 2.24) is 0 Å². The normalized spacial score (nSPS) is 11.1. The van der Waals surface area contributed by atoms with Crippen LogP contribution in [0.25, 0.3) is 0 Å². The predicted molar refractivity (Wildman–Crippen MR) is 70.5 cm³/mol. The van der Waals surface area contributed by atoms with E-state index in [4.69, 9.17) is 15.2 Å². The van der Waals surface area contributed by atoms with Gasteiger partial charge in [-0.25, -0.2) is 0 Å². The molecule has 0 spiro atoms. The number of carbonyl (C=O) groups excluding carboxylic acids is 1. The topological polar surface area (TPSA) is 70.8 Å². The minimum Gasteiger partial charge on any atom is -0.493 e. The van der Waals surface area contributed by atoms with Crippen LogP contribution >= 0.6 is 12.4 Å². The molecule has 0 amide bonds. The van der Waals surface area contributed by atoms with E-state index in [0.717, 1.165) is 5.56 Å². The zero-order valence-corrected chi connectivity index (χ0v) is 11.5. The van der Waals surface area contributed by atoms with Crippen LogP contribution in [-0.4, -0.2) is 33.3 Å². The van der Waals surface area contributed by atoms with Gasteiger partial charge in [0.25, 0.3) is 0 Å². The van der Waals surface area contributed by atoms with E-state index in [9.17, 15) is 4.79 Å². The average Bonchev–Trinajstić information content (AvgIpc) is 2.37. The fraction of sp³-hybridized carbons (Fsp3) is 0.417. The van der Waals surface area contributed by atoms with Gasteiger partial charge in [-0.1, -0.05) is 12.1 Å². The molecule has 0 saturated heterocycles. The van der Waals surface area contributed by atoms with Crippen LogP contribution in [0.3, 0.4) is 0 Å². The highest BCUT2D eigenvalue weighted by molar-refractivity contribution is 5.85. The molecule has 0 saturated carbocycles. The average molecular weight is 276 g/mol. The number of methoxy groups -OCH3 is 3. The van der Waals surface area contributed by atoms with Crippen LogP contribution in [0.5, 0.6) is 11.5 Å². The first-order chi connectivity index (χ1) is 8.13. The van der Waals surface area contributed by atoms with Crippen molar-refractivity contribution in [2.45, 2.75) is 12.5 Å². The molecule has 6 heteroatoms. The van der Waals surface area contributed by atoms with Crippen LogP contribution in [-0.2, 0) is 16.0 Å². The second-order valence-corrected chi connectivity index (χ2v) is 3.49. The molecule has 1 aromatic rings. The minimum absolute atomic E-state index is 0. The number of para-hydroxylation sites is 1. The summed E-state index contributed by atoms with van der Waals surface area (Å²) in [6.07, 6.45) is 0.340. The van der Waals surface area contributed by atoms with Gasteiger partial charge in [0.1, 0.15) is 6.04 Å². The lowest BCUT2D eigenvalue weighted by atomic mass is 10.1. The van der Waals surface area contributed by atoms with Crippen molar-refractivity contribution in [2.24, 2.45) is 5.73 Å². The molecular weight excluding hydrogens is 258 g/mol. The van der Waals surface area contributed by atoms with Crippen LogP contribution in [0.1, 0.15) is 5.56 Å². The number of esters is 1. The van der Waals surface area contributed by atoms with Crippen molar-refractivity contribution in [1.29, 1.82) is 0 Å². The van der Waals surface area contributed by atoms with E-state index in [1.807, 2.05) is 12.1 Å². The van der Waals surface area contributed by atoms with E-state index in [0.29, 0.717) is 17.9 Å². The Balaban J connectivity index is 0.00000289. The van der Waals surface area contributed by atoms with Crippen molar-refractivity contribution in [3.63, 3.8) is 0 Å². The number of carbonyl (C=O) groups is 1. The molecule has 2 N–H and O–H groups in total. The summed E-state index contributed by atoms with van der Waals surface area (Å²) in [6, 6.07) is 4.73. The van der Waals surface area contributed by atoms with E-state index in [2.05, 4.69) is 4.74 Å². The first-order valence-electron chi connectivity index (χ1n) is 5.17. The fourth-order valence-corrected chi connectivity index (χ4v) is 1.59. The Labute approximate surface area is 113 Å². The third-order valence-electron chi connectivity index (χ3n) is 2.43. The van der Waals surface area contributed by atoms with Crippen molar-refractivity contribution in [3.05, 3.63) is 23.8 Å². The monoisotopic (exact) mass is 275 g/mol. The summed E-state index contributed by atoms with van der Waals surface area (Å²) in [6.45, 7) is 0. The number of nitrogens with two attached hydrogens (primary N) is 1. The highest BCUT2D eigenvalue weighted by Crippen LogP contribution is 2.31. The maximum Gasteiger partial charge on any atom is 0.322 e. The van der Waals surface area contributed by atoms with Crippen molar-refractivity contribution >= 4 is 18.4 Å². The molecule has 0 radical (unpaired) electrons. The third kappa shape index (κ3) is 3.78. The number of halogens is 1. The van der Waals surface area contributed by atoms with Gasteiger partial charge in [-0.15, -0.1) is 12.4 Å². The van der Waals surface area contributed by atoms with E-state index in [-0.39, 0.29) is 12.4 Å². The molecule has 1 rings (SSSR count). The Morgan fingerprint density at radius 3 is 2.44 bits per heavy atom. The van der Waals surface area contributed by atoms with E-state index < -0.39 is 12.0 Å². The van der Waals surface area contributed by atoms with Gasteiger partial charge in [0, 0.05) is 12.0 Å². The van der Waals surface area contributed by atoms with Crippen LogP contribution in [0.2, 0.25) is 0 Å². The van der Waals surface area contributed by atoms with E-state index in [1.165, 1.54) is 7.11 Å². The molecule has 0 heterocycles. The Bertz CT molecular complexity index is 398. The van der Waals surface area contributed by atoms with Gasteiger partial charge in [-0.05, 0) is 6.07 Å². The molecule has 5 nitrogen and oxygen atoms in total. The molecule has 0 aromatic heterocycles. The quantitative estimate of drug-likeness (QED) is 0.817. The lowest BCUT2D eigenvalue weighted by Crippen LogP contribution is -2.33. The SMILES string of the molecule is COC(=O)[C@@H](N)Cc1cccc(OC)c1OC.Cl. The second kappa shape index (κ2) is 7.79. The largest absolute Gasteiger partial charge is 0.493 e. The van der Waals surface area contributed by atoms with Gasteiger partial charge in [0.2, 0.25) is 0 Å². The first kappa shape index (κ1) is 16.5. The summed E-state index contributed by atoms with van der Waals surface area (Å²) in [7, 11) is 4.41. The standard InChI is InChI=1S/C12H17NO4.ClH/c1-15-10-6-4-5-8(11(10)16-2)7-9(13)12(14)17-3;/h4-6,9H,7,13H2,1-3H3;1H/t9-;/m0./s1. The smallest absolute Gasteiger partial charge is 0.322 e. The lowest BCUT2D eigenvalue weighted by Gasteiger charge is -2.14. The van der Waals surface area contributed by atoms with Crippen LogP contribution in [0.4, 0.5) is 0 Å². The number of benzene rings is 1. The van der Waals surface area contributed by atoms with Gasteiger partial charge >= 0.3 is 5.97 Å². The Hall–Kier alpha value is -1.46. The highest BCUT2D eigenvalue weighted by atomic mass is 35.5. The lowest BCUT2D eigenvalue weighted by molar-refractivity contribution is -0.142.